The second-order valence-electron chi connectivity index (χ2n) is 5.50. The summed E-state index contributed by atoms with van der Waals surface area (Å²) in [5.74, 6) is -0.237. The number of nitrogens with two attached hydrogens (primary N) is 1. The maximum Gasteiger partial charge on any atom is 0.123 e. The van der Waals surface area contributed by atoms with Gasteiger partial charge >= 0.3 is 0 Å². The number of benzene rings is 3. The molecular formula is C19H18FN. The van der Waals surface area contributed by atoms with Crippen molar-refractivity contribution in [3.05, 3.63) is 71.5 Å². The molecule has 3 aromatic rings. The fourth-order valence-electron chi connectivity index (χ4n) is 2.84. The van der Waals surface area contributed by atoms with Crippen LogP contribution in [0.2, 0.25) is 0 Å². The minimum Gasteiger partial charge on any atom is -0.324 e. The third kappa shape index (κ3) is 2.43. The largest absolute Gasteiger partial charge is 0.324 e. The van der Waals surface area contributed by atoms with E-state index in [1.54, 1.807) is 12.1 Å². The first kappa shape index (κ1) is 13.8. The van der Waals surface area contributed by atoms with Gasteiger partial charge in [-0.3, -0.25) is 0 Å². The molecule has 0 spiro atoms. The van der Waals surface area contributed by atoms with Gasteiger partial charge in [0.1, 0.15) is 5.82 Å². The quantitative estimate of drug-likeness (QED) is 0.704. The van der Waals surface area contributed by atoms with Gasteiger partial charge in [-0.1, -0.05) is 42.5 Å². The fourth-order valence-corrected chi connectivity index (χ4v) is 2.84. The molecule has 3 rings (SSSR count). The molecule has 0 bridgehead atoms. The average molecular weight is 279 g/mol. The third-order valence-corrected chi connectivity index (χ3v) is 3.94. The van der Waals surface area contributed by atoms with Crippen LogP contribution in [0.1, 0.15) is 24.1 Å². The molecule has 0 aliphatic rings. The zero-order chi connectivity index (χ0) is 15.0. The highest BCUT2D eigenvalue weighted by atomic mass is 19.1. The van der Waals surface area contributed by atoms with Crippen molar-refractivity contribution in [2.24, 2.45) is 5.73 Å². The summed E-state index contributed by atoms with van der Waals surface area (Å²) in [5, 5.41) is 2.32. The predicted octanol–water partition coefficient (Wildman–Crippen LogP) is 4.97. The van der Waals surface area contributed by atoms with Crippen LogP contribution in [0.25, 0.3) is 21.9 Å². The van der Waals surface area contributed by atoms with Gasteiger partial charge in [0.15, 0.2) is 0 Å². The summed E-state index contributed by atoms with van der Waals surface area (Å²) in [4.78, 5) is 0. The fraction of sp³-hybridized carbons (Fsp3) is 0.158. The van der Waals surface area contributed by atoms with E-state index >= 15 is 0 Å². The van der Waals surface area contributed by atoms with Gasteiger partial charge in [0, 0.05) is 6.04 Å². The number of rotatable bonds is 2. The second kappa shape index (κ2) is 5.30. The van der Waals surface area contributed by atoms with Crippen LogP contribution in [0, 0.1) is 12.7 Å². The van der Waals surface area contributed by atoms with E-state index in [1.165, 1.54) is 17.0 Å². The smallest absolute Gasteiger partial charge is 0.123 e. The van der Waals surface area contributed by atoms with Crippen LogP contribution in [0.3, 0.4) is 0 Å². The van der Waals surface area contributed by atoms with Crippen LogP contribution in [0.15, 0.2) is 54.6 Å². The lowest BCUT2D eigenvalue weighted by Crippen LogP contribution is -2.07. The SMILES string of the molecule is Cc1ccc(-c2cc(F)ccc2C(C)N)c2ccccc12. The summed E-state index contributed by atoms with van der Waals surface area (Å²) >= 11 is 0. The van der Waals surface area contributed by atoms with Crippen LogP contribution in [-0.4, -0.2) is 0 Å². The van der Waals surface area contributed by atoms with Gasteiger partial charge in [-0.15, -0.1) is 0 Å². The second-order valence-corrected chi connectivity index (χ2v) is 5.50. The monoisotopic (exact) mass is 279 g/mol. The maximum atomic E-state index is 13.7. The minimum absolute atomic E-state index is 0.138. The van der Waals surface area contributed by atoms with E-state index in [-0.39, 0.29) is 11.9 Å². The molecule has 0 aromatic heterocycles. The van der Waals surface area contributed by atoms with Crippen LogP contribution in [0.5, 0.6) is 0 Å². The van der Waals surface area contributed by atoms with Crippen molar-refractivity contribution in [3.63, 3.8) is 0 Å². The standard InChI is InChI=1S/C19H18FN/c1-12-7-9-18(17-6-4-3-5-15(12)17)19-11-14(20)8-10-16(19)13(2)21/h3-11,13H,21H2,1-2H3. The molecule has 0 radical (unpaired) electrons. The highest BCUT2D eigenvalue weighted by molar-refractivity contribution is 5.99. The Morgan fingerprint density at radius 2 is 1.62 bits per heavy atom. The van der Waals surface area contributed by atoms with Crippen LogP contribution in [0.4, 0.5) is 4.39 Å². The Labute approximate surface area is 124 Å². The van der Waals surface area contributed by atoms with E-state index in [4.69, 9.17) is 5.73 Å². The summed E-state index contributed by atoms with van der Waals surface area (Å²) in [6.07, 6.45) is 0. The van der Waals surface area contributed by atoms with Crippen molar-refractivity contribution in [2.45, 2.75) is 19.9 Å². The van der Waals surface area contributed by atoms with Crippen molar-refractivity contribution in [1.82, 2.24) is 0 Å². The van der Waals surface area contributed by atoms with Gasteiger partial charge in [0.2, 0.25) is 0 Å². The van der Waals surface area contributed by atoms with Crippen molar-refractivity contribution in [1.29, 1.82) is 0 Å². The minimum atomic E-state index is -0.237. The Morgan fingerprint density at radius 1 is 0.905 bits per heavy atom. The average Bonchev–Trinajstić information content (AvgIpc) is 2.47. The summed E-state index contributed by atoms with van der Waals surface area (Å²) < 4.78 is 13.7. The molecule has 0 heterocycles. The molecule has 21 heavy (non-hydrogen) atoms. The first-order valence-electron chi connectivity index (χ1n) is 7.11. The third-order valence-electron chi connectivity index (χ3n) is 3.94. The summed E-state index contributed by atoms with van der Waals surface area (Å²) in [7, 11) is 0. The van der Waals surface area contributed by atoms with Crippen molar-refractivity contribution >= 4 is 10.8 Å². The number of hydrogen-bond acceptors (Lipinski definition) is 1. The van der Waals surface area contributed by atoms with Crippen LogP contribution >= 0.6 is 0 Å². The van der Waals surface area contributed by atoms with Gasteiger partial charge in [-0.2, -0.15) is 0 Å². The first-order valence-corrected chi connectivity index (χ1v) is 7.11. The molecular weight excluding hydrogens is 261 g/mol. The molecule has 2 heteroatoms. The lowest BCUT2D eigenvalue weighted by molar-refractivity contribution is 0.626. The Bertz CT molecular complexity index is 806. The summed E-state index contributed by atoms with van der Waals surface area (Å²) in [5.41, 5.74) is 10.1. The molecule has 0 saturated heterocycles. The molecule has 0 aliphatic heterocycles. The highest BCUT2D eigenvalue weighted by Crippen LogP contribution is 2.34. The number of hydrogen-bond donors (Lipinski definition) is 1. The zero-order valence-electron chi connectivity index (χ0n) is 12.2. The van der Waals surface area contributed by atoms with Gasteiger partial charge in [-0.05, 0) is 59.0 Å². The summed E-state index contributed by atoms with van der Waals surface area (Å²) in [6, 6.07) is 17.0. The van der Waals surface area contributed by atoms with E-state index in [0.717, 1.165) is 22.1 Å². The van der Waals surface area contributed by atoms with E-state index in [2.05, 4.69) is 31.2 Å². The van der Waals surface area contributed by atoms with Crippen LogP contribution in [-0.2, 0) is 0 Å². The molecule has 106 valence electrons. The molecule has 0 amide bonds. The summed E-state index contributed by atoms with van der Waals surface area (Å²) in [6.45, 7) is 4.01. The van der Waals surface area contributed by atoms with E-state index in [1.807, 2.05) is 19.1 Å². The van der Waals surface area contributed by atoms with Gasteiger partial charge in [0.25, 0.3) is 0 Å². The molecule has 0 fully saturated rings. The molecule has 1 unspecified atom stereocenters. The Kier molecular flexibility index (Phi) is 3.48. The molecule has 1 nitrogen and oxygen atoms in total. The Hall–Kier alpha value is -2.19. The lowest BCUT2D eigenvalue weighted by Gasteiger charge is -2.16. The van der Waals surface area contributed by atoms with Crippen molar-refractivity contribution in [2.75, 3.05) is 0 Å². The van der Waals surface area contributed by atoms with Crippen molar-refractivity contribution < 1.29 is 4.39 Å². The van der Waals surface area contributed by atoms with Crippen LogP contribution < -0.4 is 5.73 Å². The molecule has 0 saturated carbocycles. The normalized spacial score (nSPS) is 12.6. The Morgan fingerprint density at radius 3 is 2.33 bits per heavy atom. The van der Waals surface area contributed by atoms with Gasteiger partial charge in [0.05, 0.1) is 0 Å². The first-order chi connectivity index (χ1) is 10.1. The van der Waals surface area contributed by atoms with Gasteiger partial charge < -0.3 is 5.73 Å². The Balaban J connectivity index is 2.36. The molecule has 2 N–H and O–H groups in total. The number of aryl methyl sites for hydroxylation is 1. The van der Waals surface area contributed by atoms with Crippen molar-refractivity contribution in [3.8, 4) is 11.1 Å². The number of fused-ring (bicyclic) bond motifs is 1. The molecule has 1 atom stereocenters. The zero-order valence-corrected chi connectivity index (χ0v) is 12.2. The lowest BCUT2D eigenvalue weighted by atomic mass is 9.91. The highest BCUT2D eigenvalue weighted by Gasteiger charge is 2.13. The molecule has 3 aromatic carbocycles. The van der Waals surface area contributed by atoms with E-state index in [0.29, 0.717) is 0 Å². The van der Waals surface area contributed by atoms with E-state index in [9.17, 15) is 4.39 Å². The van der Waals surface area contributed by atoms with Gasteiger partial charge in [-0.25, -0.2) is 4.39 Å². The number of halogens is 1. The maximum absolute atomic E-state index is 13.7. The van der Waals surface area contributed by atoms with E-state index < -0.39 is 0 Å². The topological polar surface area (TPSA) is 26.0 Å². The predicted molar refractivity (Wildman–Crippen MR) is 86.7 cm³/mol. The molecule has 0 aliphatic carbocycles.